The summed E-state index contributed by atoms with van der Waals surface area (Å²) in [6.45, 7) is 6.87. The molecule has 2 nitrogen and oxygen atoms in total. The van der Waals surface area contributed by atoms with Crippen molar-refractivity contribution in [3.05, 3.63) is 0 Å². The van der Waals surface area contributed by atoms with E-state index in [0.29, 0.717) is 11.3 Å². The number of hydrogen-bond donors (Lipinski definition) is 2. The van der Waals surface area contributed by atoms with E-state index in [4.69, 9.17) is 5.84 Å². The number of thioether (sulfide) groups is 1. The summed E-state index contributed by atoms with van der Waals surface area (Å²) in [5.41, 5.74) is 3.02. The van der Waals surface area contributed by atoms with E-state index in [1.807, 2.05) is 11.8 Å². The van der Waals surface area contributed by atoms with Gasteiger partial charge in [-0.25, -0.2) is 0 Å². The molecule has 1 unspecified atom stereocenters. The van der Waals surface area contributed by atoms with Crippen molar-refractivity contribution in [1.29, 1.82) is 0 Å². The molecule has 1 rings (SSSR count). The molecule has 3 N–H and O–H groups in total. The van der Waals surface area contributed by atoms with Crippen molar-refractivity contribution in [2.24, 2.45) is 17.7 Å². The highest BCUT2D eigenvalue weighted by Crippen LogP contribution is 2.31. The summed E-state index contributed by atoms with van der Waals surface area (Å²) in [6.07, 6.45) is 5.48. The van der Waals surface area contributed by atoms with Crippen molar-refractivity contribution in [3.63, 3.8) is 0 Å². The highest BCUT2D eigenvalue weighted by atomic mass is 32.2. The van der Waals surface area contributed by atoms with E-state index < -0.39 is 0 Å². The lowest BCUT2D eigenvalue weighted by atomic mass is 9.80. The van der Waals surface area contributed by atoms with Crippen molar-refractivity contribution < 1.29 is 0 Å². The quantitative estimate of drug-likeness (QED) is 0.563. The van der Waals surface area contributed by atoms with Gasteiger partial charge in [0.2, 0.25) is 0 Å². The van der Waals surface area contributed by atoms with E-state index in [1.54, 1.807) is 0 Å². The Morgan fingerprint density at radius 1 is 1.27 bits per heavy atom. The van der Waals surface area contributed by atoms with Gasteiger partial charge >= 0.3 is 0 Å². The van der Waals surface area contributed by atoms with Crippen LogP contribution in [0.1, 0.15) is 46.5 Å². The number of hydrazine groups is 1. The van der Waals surface area contributed by atoms with Crippen LogP contribution in [-0.2, 0) is 0 Å². The molecule has 0 spiro atoms. The van der Waals surface area contributed by atoms with Gasteiger partial charge in [0, 0.05) is 11.8 Å². The minimum Gasteiger partial charge on any atom is -0.271 e. The van der Waals surface area contributed by atoms with Crippen LogP contribution in [0.3, 0.4) is 0 Å². The van der Waals surface area contributed by atoms with Crippen LogP contribution in [-0.4, -0.2) is 17.0 Å². The van der Waals surface area contributed by atoms with Gasteiger partial charge in [-0.15, -0.1) is 0 Å². The lowest BCUT2D eigenvalue weighted by Crippen LogP contribution is -2.44. The zero-order valence-electron chi connectivity index (χ0n) is 10.3. The first-order valence-electron chi connectivity index (χ1n) is 6.21. The molecule has 0 saturated heterocycles. The van der Waals surface area contributed by atoms with Gasteiger partial charge in [0.15, 0.2) is 0 Å². The second-order valence-electron chi connectivity index (χ2n) is 5.18. The monoisotopic (exact) mass is 230 g/mol. The molecule has 0 aromatic carbocycles. The van der Waals surface area contributed by atoms with Crippen LogP contribution in [0.4, 0.5) is 0 Å². The summed E-state index contributed by atoms with van der Waals surface area (Å²) in [7, 11) is 0. The van der Waals surface area contributed by atoms with Crippen molar-refractivity contribution in [2.45, 2.75) is 57.7 Å². The third-order valence-corrected chi connectivity index (χ3v) is 4.67. The fourth-order valence-corrected chi connectivity index (χ4v) is 3.27. The van der Waals surface area contributed by atoms with E-state index in [1.165, 1.54) is 25.7 Å². The first-order chi connectivity index (χ1) is 7.13. The van der Waals surface area contributed by atoms with Gasteiger partial charge in [-0.2, -0.15) is 11.8 Å². The maximum absolute atomic E-state index is 5.66. The van der Waals surface area contributed by atoms with E-state index in [-0.39, 0.29) is 0 Å². The third-order valence-electron chi connectivity index (χ3n) is 3.45. The Morgan fingerprint density at radius 2 is 1.87 bits per heavy atom. The molecule has 3 heteroatoms. The molecule has 0 aliphatic heterocycles. The van der Waals surface area contributed by atoms with Crippen LogP contribution < -0.4 is 11.3 Å². The Kier molecular flexibility index (Phi) is 6.02. The van der Waals surface area contributed by atoms with E-state index in [9.17, 15) is 0 Å². The number of rotatable bonds is 5. The molecule has 0 bridgehead atoms. The van der Waals surface area contributed by atoms with Gasteiger partial charge in [0.05, 0.1) is 0 Å². The molecule has 0 amide bonds. The van der Waals surface area contributed by atoms with Crippen molar-refractivity contribution in [2.75, 3.05) is 5.75 Å². The molecular formula is C12H26N2S. The van der Waals surface area contributed by atoms with Crippen LogP contribution in [0.25, 0.3) is 0 Å². The fourth-order valence-electron chi connectivity index (χ4n) is 2.30. The molecular weight excluding hydrogens is 204 g/mol. The summed E-state index contributed by atoms with van der Waals surface area (Å²) in [6, 6.07) is 0.518. The normalized spacial score (nSPS) is 29.4. The summed E-state index contributed by atoms with van der Waals surface area (Å²) < 4.78 is 0. The molecule has 90 valence electrons. The first kappa shape index (κ1) is 13.3. The predicted molar refractivity (Wildman–Crippen MR) is 69.8 cm³/mol. The molecule has 1 atom stereocenters. The zero-order chi connectivity index (χ0) is 11.3. The minimum atomic E-state index is 0.518. The highest BCUT2D eigenvalue weighted by Gasteiger charge is 2.25. The van der Waals surface area contributed by atoms with Crippen LogP contribution >= 0.6 is 11.8 Å². The second kappa shape index (κ2) is 6.77. The number of hydrogen-bond acceptors (Lipinski definition) is 3. The second-order valence-corrected chi connectivity index (χ2v) is 6.78. The Labute approximate surface area is 98.7 Å². The third kappa shape index (κ3) is 4.75. The van der Waals surface area contributed by atoms with E-state index in [2.05, 4.69) is 26.2 Å². The molecule has 1 aliphatic rings. The molecule has 1 fully saturated rings. The maximum Gasteiger partial charge on any atom is 0.0329 e. The summed E-state index contributed by atoms with van der Waals surface area (Å²) in [5.74, 6) is 8.55. The van der Waals surface area contributed by atoms with E-state index in [0.717, 1.165) is 17.6 Å². The lowest BCUT2D eigenvalue weighted by molar-refractivity contribution is 0.243. The van der Waals surface area contributed by atoms with Crippen LogP contribution in [0.15, 0.2) is 0 Å². The molecule has 15 heavy (non-hydrogen) atoms. The Morgan fingerprint density at radius 3 is 2.33 bits per heavy atom. The van der Waals surface area contributed by atoms with Crippen molar-refractivity contribution >= 4 is 11.8 Å². The zero-order valence-corrected chi connectivity index (χ0v) is 11.1. The molecule has 0 aromatic rings. The van der Waals surface area contributed by atoms with Gasteiger partial charge in [-0.3, -0.25) is 11.3 Å². The average Bonchev–Trinajstić information content (AvgIpc) is 2.21. The van der Waals surface area contributed by atoms with Crippen LogP contribution in [0.5, 0.6) is 0 Å². The summed E-state index contributed by atoms with van der Waals surface area (Å²) in [4.78, 5) is 0. The van der Waals surface area contributed by atoms with Gasteiger partial charge in [-0.1, -0.05) is 33.6 Å². The SMILES string of the molecule is CC1CCC(C(CSC(C)C)NN)CC1. The number of nitrogens with two attached hydrogens (primary N) is 1. The van der Waals surface area contributed by atoms with E-state index >= 15 is 0 Å². The standard InChI is InChI=1S/C12H26N2S/c1-9(2)15-8-12(14-13)11-6-4-10(3)5-7-11/h9-12,14H,4-8,13H2,1-3H3. The van der Waals surface area contributed by atoms with Crippen molar-refractivity contribution in [3.8, 4) is 0 Å². The summed E-state index contributed by atoms with van der Waals surface area (Å²) in [5, 5.41) is 0.711. The fraction of sp³-hybridized carbons (Fsp3) is 1.00. The van der Waals surface area contributed by atoms with Gasteiger partial charge in [0.25, 0.3) is 0 Å². The van der Waals surface area contributed by atoms with Crippen molar-refractivity contribution in [1.82, 2.24) is 5.43 Å². The highest BCUT2D eigenvalue weighted by molar-refractivity contribution is 7.99. The minimum absolute atomic E-state index is 0.518. The van der Waals surface area contributed by atoms with Crippen LogP contribution in [0.2, 0.25) is 0 Å². The molecule has 1 aliphatic carbocycles. The molecule has 1 saturated carbocycles. The molecule has 0 aromatic heterocycles. The van der Waals surface area contributed by atoms with Gasteiger partial charge in [-0.05, 0) is 29.9 Å². The number of nitrogens with one attached hydrogen (secondary N) is 1. The summed E-state index contributed by atoms with van der Waals surface area (Å²) >= 11 is 2.02. The Bertz CT molecular complexity index is 165. The lowest BCUT2D eigenvalue weighted by Gasteiger charge is -2.32. The Balaban J connectivity index is 2.31. The smallest absolute Gasteiger partial charge is 0.0329 e. The van der Waals surface area contributed by atoms with Crippen LogP contribution in [0, 0.1) is 11.8 Å². The van der Waals surface area contributed by atoms with Gasteiger partial charge < -0.3 is 0 Å². The predicted octanol–water partition coefficient (Wildman–Crippen LogP) is 2.79. The van der Waals surface area contributed by atoms with Gasteiger partial charge in [0.1, 0.15) is 0 Å². The first-order valence-corrected chi connectivity index (χ1v) is 7.26. The Hall–Kier alpha value is 0.270. The molecule has 0 heterocycles. The largest absolute Gasteiger partial charge is 0.271 e. The maximum atomic E-state index is 5.66. The topological polar surface area (TPSA) is 38.0 Å². The molecule has 0 radical (unpaired) electrons. The average molecular weight is 230 g/mol.